The molecule has 0 aromatic heterocycles. The minimum Gasteiger partial charge on any atom is -0.370 e. The quantitative estimate of drug-likeness (QED) is 0.577. The van der Waals surface area contributed by atoms with Crippen LogP contribution >= 0.6 is 23.2 Å². The Morgan fingerprint density at radius 3 is 2.77 bits per heavy atom. The number of benzene rings is 1. The fourth-order valence-electron chi connectivity index (χ4n) is 1.77. The van der Waals surface area contributed by atoms with Crippen LogP contribution in [0.5, 0.6) is 0 Å². The highest BCUT2D eigenvalue weighted by molar-refractivity contribution is 6.42. The molecule has 7 nitrogen and oxygen atoms in total. The summed E-state index contributed by atoms with van der Waals surface area (Å²) in [6.45, 7) is 0.285. The fourth-order valence-corrected chi connectivity index (χ4v) is 2.07. The van der Waals surface area contributed by atoms with E-state index in [1.807, 2.05) is 0 Å². The van der Waals surface area contributed by atoms with Crippen molar-refractivity contribution in [2.75, 3.05) is 11.9 Å². The number of nitrogens with one attached hydrogen (secondary N) is 4. The molecule has 0 bridgehead atoms. The van der Waals surface area contributed by atoms with Gasteiger partial charge in [-0.05, 0) is 30.2 Å². The Labute approximate surface area is 136 Å². The summed E-state index contributed by atoms with van der Waals surface area (Å²) in [5, 5.41) is 20.3. The van der Waals surface area contributed by atoms with E-state index in [-0.39, 0.29) is 6.54 Å². The zero-order valence-corrected chi connectivity index (χ0v) is 12.8. The molecule has 118 valence electrons. The van der Waals surface area contributed by atoms with E-state index < -0.39 is 18.3 Å². The average Bonchev–Trinajstić information content (AvgIpc) is 2.45. The Morgan fingerprint density at radius 1 is 1.32 bits per heavy atom. The number of hydrogen-bond acceptors (Lipinski definition) is 3. The summed E-state index contributed by atoms with van der Waals surface area (Å²) in [4.78, 5) is 22.6. The summed E-state index contributed by atoms with van der Waals surface area (Å²) < 4.78 is 0. The minimum atomic E-state index is -1.05. The third-order valence-electron chi connectivity index (χ3n) is 2.88. The Kier molecular flexibility index (Phi) is 5.48. The third kappa shape index (κ3) is 4.52. The number of anilines is 1. The van der Waals surface area contributed by atoms with E-state index in [0.29, 0.717) is 27.7 Å². The van der Waals surface area contributed by atoms with E-state index in [2.05, 4.69) is 21.3 Å². The van der Waals surface area contributed by atoms with Crippen molar-refractivity contribution < 1.29 is 14.7 Å². The van der Waals surface area contributed by atoms with Crippen molar-refractivity contribution in [3.8, 4) is 0 Å². The van der Waals surface area contributed by atoms with Crippen molar-refractivity contribution in [3.63, 3.8) is 0 Å². The number of carbonyl (C=O) groups is 2. The van der Waals surface area contributed by atoms with E-state index in [9.17, 15) is 14.7 Å². The van der Waals surface area contributed by atoms with Crippen LogP contribution in [0.25, 0.3) is 0 Å². The Bertz CT molecular complexity index is 621. The third-order valence-corrected chi connectivity index (χ3v) is 3.62. The van der Waals surface area contributed by atoms with E-state index in [1.165, 1.54) is 12.3 Å². The Hall–Kier alpha value is -1.96. The van der Waals surface area contributed by atoms with Gasteiger partial charge in [-0.2, -0.15) is 0 Å². The predicted octanol–water partition coefficient (Wildman–Crippen LogP) is 2.02. The van der Waals surface area contributed by atoms with Crippen LogP contribution in [0.3, 0.4) is 0 Å². The van der Waals surface area contributed by atoms with Crippen LogP contribution in [0, 0.1) is 0 Å². The maximum Gasteiger partial charge on any atom is 0.321 e. The number of aliphatic hydroxyl groups is 1. The molecular weight excluding hydrogens is 331 g/mol. The lowest BCUT2D eigenvalue weighted by molar-refractivity contribution is 0.161. The highest BCUT2D eigenvalue weighted by atomic mass is 35.5. The molecule has 0 fully saturated rings. The van der Waals surface area contributed by atoms with Gasteiger partial charge in [0.2, 0.25) is 0 Å². The van der Waals surface area contributed by atoms with Crippen molar-refractivity contribution in [1.29, 1.82) is 0 Å². The molecule has 0 saturated heterocycles. The van der Waals surface area contributed by atoms with Gasteiger partial charge in [0.05, 0.1) is 10.0 Å². The van der Waals surface area contributed by atoms with Gasteiger partial charge in [0, 0.05) is 18.4 Å². The SMILES string of the molecule is O=C(NCCC1=CNC(=O)N[C@@H]1O)Nc1ccc(Cl)c(Cl)c1. The first-order chi connectivity index (χ1) is 10.5. The number of aliphatic hydroxyl groups excluding tert-OH is 1. The molecule has 0 radical (unpaired) electrons. The first-order valence-corrected chi connectivity index (χ1v) is 7.15. The highest BCUT2D eigenvalue weighted by Gasteiger charge is 2.18. The molecule has 1 aromatic rings. The molecular formula is C13H14Cl2N4O3. The Morgan fingerprint density at radius 2 is 2.09 bits per heavy atom. The lowest BCUT2D eigenvalue weighted by Crippen LogP contribution is -2.46. The maximum absolute atomic E-state index is 11.7. The summed E-state index contributed by atoms with van der Waals surface area (Å²) in [6.07, 6.45) is 0.749. The number of hydrogen-bond donors (Lipinski definition) is 5. The van der Waals surface area contributed by atoms with E-state index in [1.54, 1.807) is 12.1 Å². The molecule has 1 heterocycles. The van der Waals surface area contributed by atoms with Gasteiger partial charge in [-0.1, -0.05) is 23.2 Å². The zero-order chi connectivity index (χ0) is 16.1. The molecule has 22 heavy (non-hydrogen) atoms. The van der Waals surface area contributed by atoms with Crippen molar-refractivity contribution in [2.24, 2.45) is 0 Å². The average molecular weight is 345 g/mol. The van der Waals surface area contributed by atoms with Gasteiger partial charge < -0.3 is 26.4 Å². The number of carbonyl (C=O) groups excluding carboxylic acids is 2. The lowest BCUT2D eigenvalue weighted by Gasteiger charge is -2.21. The molecule has 0 spiro atoms. The van der Waals surface area contributed by atoms with Gasteiger partial charge in [0.1, 0.15) is 0 Å². The zero-order valence-electron chi connectivity index (χ0n) is 11.3. The molecule has 2 rings (SSSR count). The second-order valence-corrected chi connectivity index (χ2v) is 5.31. The molecule has 1 aliphatic rings. The van der Waals surface area contributed by atoms with Crippen LogP contribution in [0.15, 0.2) is 30.0 Å². The van der Waals surface area contributed by atoms with Crippen molar-refractivity contribution in [3.05, 3.63) is 40.0 Å². The first-order valence-electron chi connectivity index (χ1n) is 6.39. The van der Waals surface area contributed by atoms with Gasteiger partial charge in [0.25, 0.3) is 0 Å². The van der Waals surface area contributed by atoms with E-state index in [4.69, 9.17) is 23.2 Å². The monoisotopic (exact) mass is 344 g/mol. The molecule has 0 unspecified atom stereocenters. The number of rotatable bonds is 4. The summed E-state index contributed by atoms with van der Waals surface area (Å²) in [7, 11) is 0. The maximum atomic E-state index is 11.7. The second-order valence-electron chi connectivity index (χ2n) is 4.50. The first kappa shape index (κ1) is 16.4. The molecule has 1 aliphatic heterocycles. The van der Waals surface area contributed by atoms with Crippen LogP contribution in [0.4, 0.5) is 15.3 Å². The predicted molar refractivity (Wildman–Crippen MR) is 83.9 cm³/mol. The molecule has 9 heteroatoms. The van der Waals surface area contributed by atoms with Crippen LogP contribution in [0.1, 0.15) is 6.42 Å². The van der Waals surface area contributed by atoms with E-state index in [0.717, 1.165) is 0 Å². The molecule has 0 aliphatic carbocycles. The summed E-state index contributed by atoms with van der Waals surface area (Å²) in [5.41, 5.74) is 1.08. The van der Waals surface area contributed by atoms with Crippen molar-refractivity contribution in [2.45, 2.75) is 12.6 Å². The van der Waals surface area contributed by atoms with Crippen LogP contribution in [-0.2, 0) is 0 Å². The topological polar surface area (TPSA) is 102 Å². The minimum absolute atomic E-state index is 0.285. The van der Waals surface area contributed by atoms with Crippen LogP contribution in [-0.4, -0.2) is 29.9 Å². The van der Waals surface area contributed by atoms with Crippen LogP contribution in [0.2, 0.25) is 10.0 Å². The van der Waals surface area contributed by atoms with Gasteiger partial charge in [-0.15, -0.1) is 0 Å². The fraction of sp³-hybridized carbons (Fsp3) is 0.231. The highest BCUT2D eigenvalue weighted by Crippen LogP contribution is 2.24. The van der Waals surface area contributed by atoms with Gasteiger partial charge in [-0.3, -0.25) is 0 Å². The smallest absolute Gasteiger partial charge is 0.321 e. The number of halogens is 2. The Balaban J connectivity index is 1.78. The molecule has 4 amide bonds. The molecule has 0 saturated carbocycles. The van der Waals surface area contributed by atoms with Crippen molar-refractivity contribution >= 4 is 41.0 Å². The second kappa shape index (κ2) is 7.35. The van der Waals surface area contributed by atoms with Gasteiger partial charge >= 0.3 is 12.1 Å². The number of urea groups is 2. The largest absolute Gasteiger partial charge is 0.370 e. The number of amides is 4. The molecule has 1 aromatic carbocycles. The lowest BCUT2D eigenvalue weighted by atomic mass is 10.1. The molecule has 1 atom stereocenters. The standard InChI is InChI=1S/C13H14Cl2N4O3/c14-9-2-1-8(5-10(9)15)18-12(21)16-4-3-7-6-17-13(22)19-11(7)20/h1-2,5-6,11,20H,3-4H2,(H2,16,18,21)(H2,17,19,22)/t11-/m1/s1. The van der Waals surface area contributed by atoms with E-state index >= 15 is 0 Å². The molecule has 5 N–H and O–H groups in total. The van der Waals surface area contributed by atoms with Crippen molar-refractivity contribution in [1.82, 2.24) is 16.0 Å². The summed E-state index contributed by atoms with van der Waals surface area (Å²) in [6, 6.07) is 3.86. The normalized spacial score (nSPS) is 17.1. The summed E-state index contributed by atoms with van der Waals surface area (Å²) in [5.74, 6) is 0. The van der Waals surface area contributed by atoms with Gasteiger partial charge in [-0.25, -0.2) is 9.59 Å². The van der Waals surface area contributed by atoms with Crippen LogP contribution < -0.4 is 21.3 Å². The van der Waals surface area contributed by atoms with Gasteiger partial charge in [0.15, 0.2) is 6.23 Å². The summed E-state index contributed by atoms with van der Waals surface area (Å²) >= 11 is 11.6.